The molecular weight excluding hydrogens is 482 g/mol. The monoisotopic (exact) mass is 505 g/mol. The molecule has 7 nitrogen and oxygen atoms in total. The molecule has 0 unspecified atom stereocenters. The van der Waals surface area contributed by atoms with Crippen LogP contribution in [-0.4, -0.2) is 26.0 Å². The van der Waals surface area contributed by atoms with Gasteiger partial charge in [0, 0.05) is 11.3 Å². The summed E-state index contributed by atoms with van der Waals surface area (Å²) in [6, 6.07) is 18.3. The number of anilines is 1. The van der Waals surface area contributed by atoms with E-state index in [0.717, 1.165) is 16.6 Å². The van der Waals surface area contributed by atoms with Crippen LogP contribution in [0.25, 0.3) is 10.2 Å². The predicted octanol–water partition coefficient (Wildman–Crippen LogP) is 4.45. The molecule has 4 rings (SSSR count). The Morgan fingerprint density at radius 2 is 1.91 bits per heavy atom. The number of nitrogens with zero attached hydrogens (tertiary/aromatic N) is 2. The molecule has 0 spiro atoms. The number of benzene rings is 3. The van der Waals surface area contributed by atoms with Crippen molar-refractivity contribution in [3.63, 3.8) is 0 Å². The van der Waals surface area contributed by atoms with E-state index in [4.69, 9.17) is 11.2 Å². The van der Waals surface area contributed by atoms with E-state index in [2.05, 4.69) is 28.6 Å². The Balaban J connectivity index is 1.65. The van der Waals surface area contributed by atoms with Gasteiger partial charge in [-0.05, 0) is 66.6 Å². The van der Waals surface area contributed by atoms with E-state index in [9.17, 15) is 13.2 Å². The van der Waals surface area contributed by atoms with Crippen LogP contribution in [0.2, 0.25) is 0 Å². The number of aromatic nitrogens is 1. The van der Waals surface area contributed by atoms with Gasteiger partial charge in [-0.15, -0.1) is 6.42 Å². The van der Waals surface area contributed by atoms with Gasteiger partial charge in [0.15, 0.2) is 4.80 Å². The first kappa shape index (κ1) is 24.3. The van der Waals surface area contributed by atoms with Crippen molar-refractivity contribution in [3.8, 4) is 18.1 Å². The highest BCUT2D eigenvalue weighted by Gasteiger charge is 2.16. The van der Waals surface area contributed by atoms with Crippen molar-refractivity contribution in [2.45, 2.75) is 24.8 Å². The molecule has 0 atom stereocenters. The van der Waals surface area contributed by atoms with Crippen LogP contribution in [0.15, 0.2) is 76.6 Å². The van der Waals surface area contributed by atoms with E-state index in [-0.39, 0.29) is 22.7 Å². The summed E-state index contributed by atoms with van der Waals surface area (Å²) in [6.45, 7) is 2.36. The van der Waals surface area contributed by atoms with Gasteiger partial charge in [0.2, 0.25) is 0 Å². The average Bonchev–Trinajstić information content (AvgIpc) is 3.20. The van der Waals surface area contributed by atoms with Gasteiger partial charge in [-0.25, -0.2) is 8.42 Å². The second-order valence-corrected chi connectivity index (χ2v) is 10.3. The van der Waals surface area contributed by atoms with Gasteiger partial charge in [0.1, 0.15) is 5.75 Å². The van der Waals surface area contributed by atoms with Gasteiger partial charge >= 0.3 is 0 Å². The molecule has 9 heteroatoms. The SMILES string of the molecule is C#CCn1c(=NC(=O)c2cccc(NS(=O)(=O)c3ccc(OC)cc3)c2)sc2cc(CC)ccc21. The molecule has 1 amide bonds. The molecule has 0 saturated carbocycles. The van der Waals surface area contributed by atoms with Gasteiger partial charge in [-0.2, -0.15) is 4.99 Å². The van der Waals surface area contributed by atoms with Gasteiger partial charge in [-0.1, -0.05) is 36.3 Å². The van der Waals surface area contributed by atoms with Crippen LogP contribution in [0.1, 0.15) is 22.8 Å². The number of sulfonamides is 1. The van der Waals surface area contributed by atoms with Gasteiger partial charge in [0.25, 0.3) is 15.9 Å². The molecule has 0 saturated heterocycles. The molecule has 0 aliphatic rings. The first-order valence-electron chi connectivity index (χ1n) is 10.8. The number of aryl methyl sites for hydroxylation is 1. The second kappa shape index (κ2) is 10.2. The Morgan fingerprint density at radius 3 is 2.60 bits per heavy atom. The van der Waals surface area contributed by atoms with Crippen LogP contribution in [-0.2, 0) is 23.0 Å². The fourth-order valence-corrected chi connectivity index (χ4v) is 5.64. The number of amides is 1. The van der Waals surface area contributed by atoms with E-state index >= 15 is 0 Å². The van der Waals surface area contributed by atoms with Gasteiger partial charge in [0.05, 0.1) is 28.8 Å². The van der Waals surface area contributed by atoms with Crippen molar-refractivity contribution < 1.29 is 17.9 Å². The molecule has 0 radical (unpaired) electrons. The van der Waals surface area contributed by atoms with Crippen molar-refractivity contribution in [1.29, 1.82) is 0 Å². The molecule has 0 bridgehead atoms. The van der Waals surface area contributed by atoms with Crippen molar-refractivity contribution in [2.75, 3.05) is 11.8 Å². The highest BCUT2D eigenvalue weighted by Crippen LogP contribution is 2.22. The van der Waals surface area contributed by atoms with Crippen LogP contribution < -0.4 is 14.3 Å². The topological polar surface area (TPSA) is 89.8 Å². The molecule has 1 aromatic heterocycles. The number of carbonyl (C=O) groups is 1. The summed E-state index contributed by atoms with van der Waals surface area (Å²) in [5, 5.41) is 0. The molecule has 0 aliphatic heterocycles. The number of carbonyl (C=O) groups excluding carboxylic acids is 1. The number of hydrogen-bond acceptors (Lipinski definition) is 5. The maximum absolute atomic E-state index is 13.0. The number of fused-ring (bicyclic) bond motifs is 1. The Hall–Kier alpha value is -3.87. The van der Waals surface area contributed by atoms with Crippen LogP contribution in [0, 0.1) is 12.3 Å². The zero-order valence-electron chi connectivity index (χ0n) is 19.2. The number of hydrogen-bond donors (Lipinski definition) is 1. The highest BCUT2D eigenvalue weighted by molar-refractivity contribution is 7.92. The third-order valence-corrected chi connectivity index (χ3v) is 7.77. The lowest BCUT2D eigenvalue weighted by molar-refractivity contribution is 0.0998. The number of nitrogens with one attached hydrogen (secondary N) is 1. The Bertz CT molecular complexity index is 1610. The third-order valence-electron chi connectivity index (χ3n) is 5.33. The van der Waals surface area contributed by atoms with Gasteiger partial charge < -0.3 is 9.30 Å². The normalized spacial score (nSPS) is 11.9. The summed E-state index contributed by atoms with van der Waals surface area (Å²) in [5.74, 6) is 2.67. The van der Waals surface area contributed by atoms with E-state index in [1.54, 1.807) is 30.3 Å². The van der Waals surface area contributed by atoms with Gasteiger partial charge in [-0.3, -0.25) is 9.52 Å². The van der Waals surface area contributed by atoms with Crippen molar-refractivity contribution in [2.24, 2.45) is 4.99 Å². The summed E-state index contributed by atoms with van der Waals surface area (Å²) in [5.41, 5.74) is 2.60. The largest absolute Gasteiger partial charge is 0.497 e. The number of ether oxygens (including phenoxy) is 1. The lowest BCUT2D eigenvalue weighted by atomic mass is 10.2. The Kier molecular flexibility index (Phi) is 7.05. The lowest BCUT2D eigenvalue weighted by Gasteiger charge is -2.09. The maximum atomic E-state index is 13.0. The summed E-state index contributed by atoms with van der Waals surface area (Å²) in [7, 11) is -2.34. The predicted molar refractivity (Wildman–Crippen MR) is 138 cm³/mol. The summed E-state index contributed by atoms with van der Waals surface area (Å²) in [4.78, 5) is 17.9. The Labute approximate surface area is 207 Å². The quantitative estimate of drug-likeness (QED) is 0.376. The number of terminal acetylenes is 1. The van der Waals surface area contributed by atoms with Crippen molar-refractivity contribution in [1.82, 2.24) is 4.57 Å². The van der Waals surface area contributed by atoms with Crippen molar-refractivity contribution >= 4 is 43.2 Å². The molecule has 35 heavy (non-hydrogen) atoms. The first-order valence-corrected chi connectivity index (χ1v) is 13.1. The minimum Gasteiger partial charge on any atom is -0.497 e. The Morgan fingerprint density at radius 1 is 1.14 bits per heavy atom. The smallest absolute Gasteiger partial charge is 0.279 e. The van der Waals surface area contributed by atoms with Crippen LogP contribution >= 0.6 is 11.3 Å². The van der Waals surface area contributed by atoms with E-state index < -0.39 is 15.9 Å². The van der Waals surface area contributed by atoms with Crippen LogP contribution in [0.3, 0.4) is 0 Å². The number of thiazole rings is 1. The molecular formula is C26H23N3O4S2. The van der Waals surface area contributed by atoms with E-state index in [0.29, 0.717) is 10.6 Å². The lowest BCUT2D eigenvalue weighted by Crippen LogP contribution is -2.17. The molecule has 1 N–H and O–H groups in total. The summed E-state index contributed by atoms with van der Waals surface area (Å²) in [6.07, 6.45) is 6.45. The third kappa shape index (κ3) is 5.29. The van der Waals surface area contributed by atoms with Crippen LogP contribution in [0.4, 0.5) is 5.69 Å². The summed E-state index contributed by atoms with van der Waals surface area (Å²) >= 11 is 1.39. The molecule has 1 heterocycles. The first-order chi connectivity index (χ1) is 16.8. The fraction of sp³-hybridized carbons (Fsp3) is 0.154. The molecule has 3 aromatic carbocycles. The second-order valence-electron chi connectivity index (χ2n) is 7.61. The minimum absolute atomic E-state index is 0.0757. The zero-order chi connectivity index (χ0) is 25.0. The molecule has 4 aromatic rings. The standard InChI is InChI=1S/C26H23N3O4S2/c1-4-15-29-23-14-9-18(5-2)16-24(23)34-26(29)27-25(30)19-7-6-8-20(17-19)28-35(31,32)22-12-10-21(33-3)11-13-22/h1,6-14,16-17,28H,5,15H2,2-3H3. The molecule has 0 aliphatic carbocycles. The average molecular weight is 506 g/mol. The van der Waals surface area contributed by atoms with Crippen molar-refractivity contribution in [3.05, 3.63) is 82.7 Å². The fourth-order valence-electron chi connectivity index (χ4n) is 3.50. The summed E-state index contributed by atoms with van der Waals surface area (Å²) < 4.78 is 35.9. The highest BCUT2D eigenvalue weighted by atomic mass is 32.2. The van der Waals surface area contributed by atoms with E-state index in [1.807, 2.05) is 16.7 Å². The minimum atomic E-state index is -3.85. The molecule has 178 valence electrons. The molecule has 0 fully saturated rings. The number of rotatable bonds is 7. The van der Waals surface area contributed by atoms with Crippen LogP contribution in [0.5, 0.6) is 5.75 Å². The van der Waals surface area contributed by atoms with E-state index in [1.165, 1.54) is 42.2 Å². The zero-order valence-corrected chi connectivity index (χ0v) is 20.8. The number of methoxy groups -OCH3 is 1. The maximum Gasteiger partial charge on any atom is 0.279 e.